The van der Waals surface area contributed by atoms with E-state index in [2.05, 4.69) is 5.10 Å². The Morgan fingerprint density at radius 1 is 1.27 bits per heavy atom. The van der Waals surface area contributed by atoms with Crippen molar-refractivity contribution in [2.75, 3.05) is 24.6 Å². The number of amides is 1. The van der Waals surface area contributed by atoms with E-state index in [1.807, 2.05) is 6.07 Å². The smallest absolute Gasteiger partial charge is 0.286 e. The lowest BCUT2D eigenvalue weighted by Gasteiger charge is -2.26. The van der Waals surface area contributed by atoms with Crippen LogP contribution in [-0.4, -0.2) is 43.9 Å². The Hall–Kier alpha value is -2.40. The standard InChI is InChI=1S/C14H14N4O3S/c15-7-10-18-11-5-1-2-6-12(11)22(20,21)13(16-18)14(19)17-8-3-4-9-17/h1-2,5-6H,3-4,8-10H2. The van der Waals surface area contributed by atoms with E-state index >= 15 is 0 Å². The maximum Gasteiger partial charge on any atom is 0.286 e. The number of benzene rings is 1. The number of hydrogen-bond acceptors (Lipinski definition) is 6. The van der Waals surface area contributed by atoms with Crippen molar-refractivity contribution in [1.82, 2.24) is 4.90 Å². The molecule has 0 aliphatic carbocycles. The van der Waals surface area contributed by atoms with Crippen LogP contribution in [0.15, 0.2) is 34.3 Å². The van der Waals surface area contributed by atoms with Crippen molar-refractivity contribution in [2.45, 2.75) is 17.7 Å². The summed E-state index contributed by atoms with van der Waals surface area (Å²) in [5.41, 5.74) is 0.321. The molecule has 1 saturated heterocycles. The Morgan fingerprint density at radius 2 is 1.95 bits per heavy atom. The van der Waals surface area contributed by atoms with Gasteiger partial charge in [0.2, 0.25) is 14.9 Å². The summed E-state index contributed by atoms with van der Waals surface area (Å²) in [6, 6.07) is 8.20. The molecule has 1 aromatic rings. The number of fused-ring (bicyclic) bond motifs is 1. The number of sulfone groups is 1. The molecule has 2 aliphatic rings. The first-order valence-corrected chi connectivity index (χ1v) is 8.40. The van der Waals surface area contributed by atoms with Crippen LogP contribution in [0.2, 0.25) is 0 Å². The molecule has 0 atom stereocenters. The van der Waals surface area contributed by atoms with Gasteiger partial charge in [0.1, 0.15) is 6.54 Å². The predicted molar refractivity (Wildman–Crippen MR) is 79.8 cm³/mol. The van der Waals surface area contributed by atoms with Crippen LogP contribution < -0.4 is 5.01 Å². The molecule has 1 aromatic carbocycles. The quantitative estimate of drug-likeness (QED) is 0.750. The fourth-order valence-corrected chi connectivity index (χ4v) is 4.10. The number of nitrogens with zero attached hydrogens (tertiary/aromatic N) is 4. The highest BCUT2D eigenvalue weighted by Crippen LogP contribution is 2.31. The molecule has 0 spiro atoms. The molecular weight excluding hydrogens is 304 g/mol. The van der Waals surface area contributed by atoms with Gasteiger partial charge in [0.15, 0.2) is 0 Å². The minimum Gasteiger partial charge on any atom is -0.337 e. The fourth-order valence-electron chi connectivity index (χ4n) is 2.62. The Balaban J connectivity index is 2.10. The van der Waals surface area contributed by atoms with E-state index in [1.165, 1.54) is 16.0 Å². The highest BCUT2D eigenvalue weighted by Gasteiger charge is 2.39. The molecule has 8 heteroatoms. The monoisotopic (exact) mass is 318 g/mol. The van der Waals surface area contributed by atoms with Gasteiger partial charge >= 0.3 is 0 Å². The van der Waals surface area contributed by atoms with E-state index in [9.17, 15) is 13.2 Å². The third kappa shape index (κ3) is 2.23. The molecule has 2 heterocycles. The van der Waals surface area contributed by atoms with Crippen LogP contribution in [0.3, 0.4) is 0 Å². The third-order valence-corrected chi connectivity index (χ3v) is 5.39. The molecule has 0 unspecified atom stereocenters. The van der Waals surface area contributed by atoms with Crippen molar-refractivity contribution in [3.05, 3.63) is 24.3 Å². The largest absolute Gasteiger partial charge is 0.337 e. The van der Waals surface area contributed by atoms with E-state index in [0.29, 0.717) is 18.8 Å². The molecule has 0 bridgehead atoms. The number of anilines is 1. The summed E-state index contributed by atoms with van der Waals surface area (Å²) in [4.78, 5) is 14.0. The summed E-state index contributed by atoms with van der Waals surface area (Å²) in [7, 11) is -3.96. The van der Waals surface area contributed by atoms with Crippen LogP contribution in [0.25, 0.3) is 0 Å². The molecule has 0 N–H and O–H groups in total. The second-order valence-electron chi connectivity index (χ2n) is 5.09. The van der Waals surface area contributed by atoms with Crippen LogP contribution in [0.4, 0.5) is 5.69 Å². The van der Waals surface area contributed by atoms with Gasteiger partial charge in [-0.2, -0.15) is 10.4 Å². The van der Waals surface area contributed by atoms with Crippen LogP contribution in [0, 0.1) is 11.3 Å². The highest BCUT2D eigenvalue weighted by atomic mass is 32.2. The van der Waals surface area contributed by atoms with Crippen molar-refractivity contribution < 1.29 is 13.2 Å². The average molecular weight is 318 g/mol. The minimum atomic E-state index is -3.96. The first-order chi connectivity index (χ1) is 10.6. The molecule has 22 heavy (non-hydrogen) atoms. The molecule has 0 radical (unpaired) electrons. The number of hydrazone groups is 1. The van der Waals surface area contributed by atoms with E-state index < -0.39 is 20.8 Å². The Kier molecular flexibility index (Phi) is 3.58. The molecule has 2 aliphatic heterocycles. The van der Waals surface area contributed by atoms with Gasteiger partial charge in [0.25, 0.3) is 5.91 Å². The molecule has 0 saturated carbocycles. The molecule has 1 amide bonds. The number of likely N-dealkylation sites (tertiary alicyclic amines) is 1. The van der Waals surface area contributed by atoms with Crippen LogP contribution >= 0.6 is 0 Å². The summed E-state index contributed by atoms with van der Waals surface area (Å²) in [6.45, 7) is 0.948. The van der Waals surface area contributed by atoms with Gasteiger partial charge in [-0.25, -0.2) is 13.4 Å². The molecule has 7 nitrogen and oxygen atoms in total. The van der Waals surface area contributed by atoms with Crippen molar-refractivity contribution >= 4 is 26.5 Å². The van der Waals surface area contributed by atoms with Gasteiger partial charge in [-0.3, -0.25) is 4.79 Å². The Morgan fingerprint density at radius 3 is 2.64 bits per heavy atom. The predicted octanol–water partition coefficient (Wildman–Crippen LogP) is 0.740. The maximum absolute atomic E-state index is 12.7. The van der Waals surface area contributed by atoms with Gasteiger partial charge in [0, 0.05) is 13.1 Å². The number of carbonyl (C=O) groups is 1. The molecule has 3 rings (SSSR count). The van der Waals surface area contributed by atoms with Gasteiger partial charge in [-0.15, -0.1) is 0 Å². The van der Waals surface area contributed by atoms with Crippen molar-refractivity contribution in [3.63, 3.8) is 0 Å². The Bertz CT molecular complexity index is 789. The molecular formula is C14H14N4O3S. The maximum atomic E-state index is 12.7. The Labute approximate surface area is 128 Å². The second kappa shape index (κ2) is 5.42. The zero-order valence-electron chi connectivity index (χ0n) is 11.8. The molecule has 1 fully saturated rings. The van der Waals surface area contributed by atoms with Gasteiger partial charge < -0.3 is 4.90 Å². The zero-order chi connectivity index (χ0) is 15.7. The van der Waals surface area contributed by atoms with Crippen LogP contribution in [0.5, 0.6) is 0 Å². The van der Waals surface area contributed by atoms with Crippen LogP contribution in [-0.2, 0) is 14.6 Å². The third-order valence-electron chi connectivity index (χ3n) is 3.70. The first kappa shape index (κ1) is 14.5. The van der Waals surface area contributed by atoms with E-state index in [4.69, 9.17) is 5.26 Å². The van der Waals surface area contributed by atoms with Gasteiger partial charge in [0.05, 0.1) is 16.7 Å². The second-order valence-corrected chi connectivity index (χ2v) is 6.92. The number of rotatable bonds is 2. The van der Waals surface area contributed by atoms with E-state index in [0.717, 1.165) is 12.8 Å². The lowest BCUT2D eigenvalue weighted by molar-refractivity contribution is -0.122. The van der Waals surface area contributed by atoms with E-state index in [-0.39, 0.29) is 11.4 Å². The number of para-hydroxylation sites is 1. The van der Waals surface area contributed by atoms with Crippen molar-refractivity contribution in [2.24, 2.45) is 5.10 Å². The summed E-state index contributed by atoms with van der Waals surface area (Å²) in [6.07, 6.45) is 1.72. The van der Waals surface area contributed by atoms with Gasteiger partial charge in [-0.05, 0) is 25.0 Å². The van der Waals surface area contributed by atoms with Crippen LogP contribution in [0.1, 0.15) is 12.8 Å². The topological polar surface area (TPSA) is 93.8 Å². The molecule has 0 aromatic heterocycles. The minimum absolute atomic E-state index is 0.0165. The van der Waals surface area contributed by atoms with Crippen molar-refractivity contribution in [1.29, 1.82) is 5.26 Å². The summed E-state index contributed by atoms with van der Waals surface area (Å²) >= 11 is 0. The lowest BCUT2D eigenvalue weighted by atomic mass is 10.3. The first-order valence-electron chi connectivity index (χ1n) is 6.92. The average Bonchev–Trinajstić information content (AvgIpc) is 3.04. The summed E-state index contributed by atoms with van der Waals surface area (Å²) in [5, 5.41) is 13.6. The fraction of sp³-hybridized carbons (Fsp3) is 0.357. The highest BCUT2D eigenvalue weighted by molar-refractivity contribution is 8.08. The SMILES string of the molecule is N#CCN1N=C(C(=O)N2CCCC2)S(=O)(=O)c2ccccc21. The number of nitriles is 1. The number of hydrogen-bond donors (Lipinski definition) is 0. The zero-order valence-corrected chi connectivity index (χ0v) is 12.6. The molecule has 114 valence electrons. The summed E-state index contributed by atoms with van der Waals surface area (Å²) < 4.78 is 25.3. The lowest BCUT2D eigenvalue weighted by Crippen LogP contribution is -2.42. The van der Waals surface area contributed by atoms with E-state index in [1.54, 1.807) is 18.2 Å². The summed E-state index contributed by atoms with van der Waals surface area (Å²) in [5.74, 6) is -0.588. The van der Waals surface area contributed by atoms with Gasteiger partial charge in [-0.1, -0.05) is 12.1 Å². The normalized spacial score (nSPS) is 19.3. The number of carbonyl (C=O) groups excluding carboxylic acids is 1. The van der Waals surface area contributed by atoms with Crippen molar-refractivity contribution in [3.8, 4) is 6.07 Å².